The molecule has 0 bridgehead atoms. The quantitative estimate of drug-likeness (QED) is 0.698. The second-order valence-corrected chi connectivity index (χ2v) is 2.58. The van der Waals surface area contributed by atoms with Crippen LogP contribution in [0.25, 0.3) is 11.0 Å². The first-order valence-corrected chi connectivity index (χ1v) is 3.64. The van der Waals surface area contributed by atoms with Crippen LogP contribution in [0, 0.1) is 0 Å². The van der Waals surface area contributed by atoms with Crippen LogP contribution in [0.4, 0.5) is 0 Å². The van der Waals surface area contributed by atoms with Gasteiger partial charge in [-0.2, -0.15) is 0 Å². The van der Waals surface area contributed by atoms with Gasteiger partial charge in [0, 0.05) is 5.39 Å². The van der Waals surface area contributed by atoms with Crippen molar-refractivity contribution >= 4 is 16.9 Å². The first-order chi connectivity index (χ1) is 6.20. The molecule has 0 aliphatic heterocycles. The van der Waals surface area contributed by atoms with Gasteiger partial charge >= 0.3 is 5.97 Å². The second kappa shape index (κ2) is 2.52. The summed E-state index contributed by atoms with van der Waals surface area (Å²) in [5, 5.41) is 18.3. The Hall–Kier alpha value is -1.97. The summed E-state index contributed by atoms with van der Waals surface area (Å²) >= 11 is 0. The van der Waals surface area contributed by atoms with Crippen molar-refractivity contribution < 1.29 is 19.4 Å². The molecule has 1 aromatic heterocycles. The zero-order valence-electron chi connectivity index (χ0n) is 6.52. The number of rotatable bonds is 1. The summed E-state index contributed by atoms with van der Waals surface area (Å²) in [6.07, 6.45) is 0. The lowest BCUT2D eigenvalue weighted by Crippen LogP contribution is -1.93. The van der Waals surface area contributed by atoms with Gasteiger partial charge in [0.2, 0.25) is 0 Å². The average molecular weight is 178 g/mol. The summed E-state index contributed by atoms with van der Waals surface area (Å²) in [5.41, 5.74) is 0.188. The zero-order chi connectivity index (χ0) is 9.42. The van der Waals surface area contributed by atoms with Crippen LogP contribution in [0.3, 0.4) is 0 Å². The minimum Gasteiger partial charge on any atom is -0.480 e. The highest BCUT2D eigenvalue weighted by Crippen LogP contribution is 2.30. The van der Waals surface area contributed by atoms with Crippen LogP contribution in [0.2, 0.25) is 0 Å². The van der Waals surface area contributed by atoms with E-state index in [9.17, 15) is 4.79 Å². The molecule has 0 atom stereocenters. The van der Waals surface area contributed by atoms with Gasteiger partial charge in [-0.15, -0.1) is 0 Å². The molecule has 0 aliphatic rings. The number of fused-ring (bicyclic) bond motifs is 1. The van der Waals surface area contributed by atoms with Gasteiger partial charge in [0.05, 0.1) is 0 Å². The van der Waals surface area contributed by atoms with Gasteiger partial charge in [0.25, 0.3) is 5.95 Å². The summed E-state index contributed by atoms with van der Waals surface area (Å²) in [6.45, 7) is 0. The molecule has 2 rings (SSSR count). The predicted molar refractivity (Wildman–Crippen MR) is 44.8 cm³/mol. The van der Waals surface area contributed by atoms with Crippen LogP contribution in [-0.4, -0.2) is 16.2 Å². The monoisotopic (exact) mass is 178 g/mol. The van der Waals surface area contributed by atoms with Crippen molar-refractivity contribution in [3.05, 3.63) is 29.8 Å². The van der Waals surface area contributed by atoms with Crippen LogP contribution in [0.1, 0.15) is 10.4 Å². The average Bonchev–Trinajstić information content (AvgIpc) is 2.39. The minimum atomic E-state index is -1.19. The number of furan rings is 1. The number of carboxylic acid groups (broad SMARTS) is 1. The van der Waals surface area contributed by atoms with Crippen LogP contribution in [0.5, 0.6) is 5.95 Å². The fourth-order valence-corrected chi connectivity index (χ4v) is 1.24. The third-order valence-electron chi connectivity index (χ3n) is 1.79. The molecule has 1 heterocycles. The highest BCUT2D eigenvalue weighted by Gasteiger charge is 2.18. The highest BCUT2D eigenvalue weighted by molar-refractivity contribution is 6.04. The number of hydrogen-bond donors (Lipinski definition) is 2. The van der Waals surface area contributed by atoms with Crippen molar-refractivity contribution in [3.63, 3.8) is 0 Å². The Kier molecular flexibility index (Phi) is 1.48. The van der Waals surface area contributed by atoms with Crippen molar-refractivity contribution in [2.75, 3.05) is 0 Å². The summed E-state index contributed by atoms with van der Waals surface area (Å²) in [4.78, 5) is 10.7. The number of aromatic carboxylic acids is 1. The summed E-state index contributed by atoms with van der Waals surface area (Å²) in [6, 6.07) is 6.57. The fourth-order valence-electron chi connectivity index (χ4n) is 1.24. The Morgan fingerprint density at radius 2 is 2.00 bits per heavy atom. The molecule has 4 nitrogen and oxygen atoms in total. The van der Waals surface area contributed by atoms with E-state index in [-0.39, 0.29) is 5.56 Å². The Balaban J connectivity index is 2.86. The smallest absolute Gasteiger partial charge is 0.343 e. The predicted octanol–water partition coefficient (Wildman–Crippen LogP) is 1.84. The SMILES string of the molecule is O=C(O)c1c(O)oc2ccccc12. The second-order valence-electron chi connectivity index (χ2n) is 2.58. The van der Waals surface area contributed by atoms with E-state index in [1.807, 2.05) is 0 Å². The Labute approximate surface area is 73.0 Å². The Morgan fingerprint density at radius 1 is 1.31 bits per heavy atom. The molecule has 0 fully saturated rings. The molecule has 66 valence electrons. The molecule has 0 aliphatic carbocycles. The fraction of sp³-hybridized carbons (Fsp3) is 0. The molecule has 2 aromatic rings. The lowest BCUT2D eigenvalue weighted by atomic mass is 10.2. The van der Waals surface area contributed by atoms with Gasteiger partial charge in [0.1, 0.15) is 5.58 Å². The third kappa shape index (κ3) is 1.03. The molecule has 0 saturated carbocycles. The van der Waals surface area contributed by atoms with Gasteiger partial charge < -0.3 is 14.6 Å². The largest absolute Gasteiger partial charge is 0.480 e. The van der Waals surface area contributed by atoms with E-state index in [4.69, 9.17) is 14.6 Å². The normalized spacial score (nSPS) is 10.5. The zero-order valence-corrected chi connectivity index (χ0v) is 6.52. The van der Waals surface area contributed by atoms with Crippen LogP contribution in [-0.2, 0) is 0 Å². The molecule has 0 unspecified atom stereocenters. The van der Waals surface area contributed by atoms with Gasteiger partial charge in [-0.05, 0) is 6.07 Å². The maximum absolute atomic E-state index is 10.7. The van der Waals surface area contributed by atoms with E-state index in [1.54, 1.807) is 24.3 Å². The number of benzene rings is 1. The van der Waals surface area contributed by atoms with Crippen molar-refractivity contribution in [1.29, 1.82) is 0 Å². The number of carboxylic acids is 1. The number of carbonyl (C=O) groups is 1. The highest BCUT2D eigenvalue weighted by atomic mass is 16.5. The van der Waals surface area contributed by atoms with Gasteiger partial charge in [-0.25, -0.2) is 4.79 Å². The summed E-state index contributed by atoms with van der Waals surface area (Å²) in [5.74, 6) is -1.74. The molecule has 0 amide bonds. The van der Waals surface area contributed by atoms with Crippen molar-refractivity contribution in [3.8, 4) is 5.95 Å². The van der Waals surface area contributed by atoms with Gasteiger partial charge in [0.15, 0.2) is 5.56 Å². The molecule has 0 saturated heterocycles. The van der Waals surface area contributed by atoms with E-state index >= 15 is 0 Å². The molecule has 1 aromatic carbocycles. The lowest BCUT2D eigenvalue weighted by molar-refractivity contribution is 0.0693. The lowest BCUT2D eigenvalue weighted by Gasteiger charge is -1.88. The molecule has 0 spiro atoms. The van der Waals surface area contributed by atoms with E-state index in [1.165, 1.54) is 0 Å². The van der Waals surface area contributed by atoms with E-state index < -0.39 is 11.9 Å². The van der Waals surface area contributed by atoms with Crippen LogP contribution >= 0.6 is 0 Å². The van der Waals surface area contributed by atoms with Crippen LogP contribution < -0.4 is 0 Å². The van der Waals surface area contributed by atoms with Crippen LogP contribution in [0.15, 0.2) is 28.7 Å². The van der Waals surface area contributed by atoms with E-state index in [2.05, 4.69) is 0 Å². The number of aromatic hydroxyl groups is 1. The van der Waals surface area contributed by atoms with Crippen molar-refractivity contribution in [2.45, 2.75) is 0 Å². The van der Waals surface area contributed by atoms with Gasteiger partial charge in [-0.3, -0.25) is 0 Å². The standard InChI is InChI=1S/C9H6O4/c10-8(11)7-5-3-1-2-4-6(5)13-9(7)12/h1-4,12H,(H,10,11). The van der Waals surface area contributed by atoms with E-state index in [0.717, 1.165) is 0 Å². The minimum absolute atomic E-state index is 0.185. The molecule has 4 heteroatoms. The summed E-state index contributed by atoms with van der Waals surface area (Å²) < 4.78 is 4.84. The molecule has 13 heavy (non-hydrogen) atoms. The van der Waals surface area contributed by atoms with E-state index in [0.29, 0.717) is 11.0 Å². The van der Waals surface area contributed by atoms with Crippen molar-refractivity contribution in [1.82, 2.24) is 0 Å². The first kappa shape index (κ1) is 7.67. The van der Waals surface area contributed by atoms with Crippen molar-refractivity contribution in [2.24, 2.45) is 0 Å². The maximum Gasteiger partial charge on any atom is 0.343 e. The first-order valence-electron chi connectivity index (χ1n) is 3.64. The number of hydrogen-bond acceptors (Lipinski definition) is 3. The molecule has 2 N–H and O–H groups in total. The third-order valence-corrected chi connectivity index (χ3v) is 1.79. The number of para-hydroxylation sites is 1. The summed E-state index contributed by atoms with van der Waals surface area (Å²) in [7, 11) is 0. The topological polar surface area (TPSA) is 70.7 Å². The molecular weight excluding hydrogens is 172 g/mol. The van der Waals surface area contributed by atoms with Gasteiger partial charge in [-0.1, -0.05) is 18.2 Å². The molecule has 0 radical (unpaired) electrons. The Morgan fingerprint density at radius 3 is 2.69 bits per heavy atom. The maximum atomic E-state index is 10.7. The Bertz CT molecular complexity index is 469. The molecular formula is C9H6O4.